The Morgan fingerprint density at radius 2 is 1.75 bits per heavy atom. The molecule has 0 aliphatic heterocycles. The Kier molecular flexibility index (Phi) is 7.87. The Bertz CT molecular complexity index is 1360. The van der Waals surface area contributed by atoms with Crippen LogP contribution < -0.4 is 10.6 Å². The molecule has 0 saturated heterocycles. The first-order valence-electron chi connectivity index (χ1n) is 12.5. The molecule has 1 saturated carbocycles. The number of hydrogen-bond donors (Lipinski definition) is 2. The Labute approximate surface area is 224 Å². The van der Waals surface area contributed by atoms with Crippen molar-refractivity contribution in [3.8, 4) is 11.3 Å². The van der Waals surface area contributed by atoms with Crippen LogP contribution in [0.4, 0.5) is 5.82 Å². The zero-order valence-corrected chi connectivity index (χ0v) is 22.4. The summed E-state index contributed by atoms with van der Waals surface area (Å²) in [5, 5.41) is 11.8. The quantitative estimate of drug-likeness (QED) is 0.236. The van der Waals surface area contributed by atoms with E-state index in [1.165, 1.54) is 12.8 Å². The zero-order valence-electron chi connectivity index (χ0n) is 20.0. The van der Waals surface area contributed by atoms with E-state index >= 15 is 0 Å². The number of nitrogens with one attached hydrogen (secondary N) is 2. The standard InChI is InChI=1S/C28H29BrClN5O/c29-23-18-33-35-26(15-25(34-27(23)35)22-12-5-6-13-24(22)30)31-16-19-8-7-9-20(14-19)17-32-28(36)21-10-3-1-2-4-11-21/h5-9,12-15,18,21,31H,1-4,10-11,16-17H2,(H,32,36). The molecule has 0 unspecified atom stereocenters. The van der Waals surface area contributed by atoms with E-state index in [4.69, 9.17) is 16.6 Å². The van der Waals surface area contributed by atoms with E-state index in [2.05, 4.69) is 49.9 Å². The predicted molar refractivity (Wildman–Crippen MR) is 148 cm³/mol. The summed E-state index contributed by atoms with van der Waals surface area (Å²) >= 11 is 10.0. The fraction of sp³-hybridized carbons (Fsp3) is 0.321. The third-order valence-electron chi connectivity index (χ3n) is 6.74. The van der Waals surface area contributed by atoms with Gasteiger partial charge in [-0.05, 0) is 46.0 Å². The molecule has 36 heavy (non-hydrogen) atoms. The zero-order chi connectivity index (χ0) is 24.9. The topological polar surface area (TPSA) is 71.3 Å². The van der Waals surface area contributed by atoms with E-state index in [-0.39, 0.29) is 11.8 Å². The lowest BCUT2D eigenvalue weighted by atomic mass is 9.99. The van der Waals surface area contributed by atoms with Gasteiger partial charge in [-0.3, -0.25) is 4.79 Å². The largest absolute Gasteiger partial charge is 0.366 e. The molecular weight excluding hydrogens is 538 g/mol. The number of hydrogen-bond acceptors (Lipinski definition) is 4. The average molecular weight is 567 g/mol. The second-order valence-electron chi connectivity index (χ2n) is 9.31. The van der Waals surface area contributed by atoms with Crippen LogP contribution in [0, 0.1) is 5.92 Å². The summed E-state index contributed by atoms with van der Waals surface area (Å²) < 4.78 is 2.59. The highest BCUT2D eigenvalue weighted by molar-refractivity contribution is 9.10. The van der Waals surface area contributed by atoms with Gasteiger partial charge in [-0.25, -0.2) is 4.98 Å². The van der Waals surface area contributed by atoms with Crippen LogP contribution in [0.5, 0.6) is 0 Å². The van der Waals surface area contributed by atoms with E-state index in [1.807, 2.05) is 36.4 Å². The highest BCUT2D eigenvalue weighted by Gasteiger charge is 2.19. The molecule has 0 radical (unpaired) electrons. The highest BCUT2D eigenvalue weighted by atomic mass is 79.9. The summed E-state index contributed by atoms with van der Waals surface area (Å²) in [5.41, 5.74) is 4.56. The lowest BCUT2D eigenvalue weighted by molar-refractivity contribution is -0.125. The van der Waals surface area contributed by atoms with Crippen molar-refractivity contribution in [1.29, 1.82) is 0 Å². The minimum absolute atomic E-state index is 0.159. The maximum atomic E-state index is 12.7. The van der Waals surface area contributed by atoms with Gasteiger partial charge in [-0.2, -0.15) is 9.61 Å². The van der Waals surface area contributed by atoms with Crippen LogP contribution in [0.25, 0.3) is 16.9 Å². The Morgan fingerprint density at radius 3 is 2.53 bits per heavy atom. The molecule has 0 atom stereocenters. The molecule has 2 heterocycles. The van der Waals surface area contributed by atoms with Gasteiger partial charge in [-0.1, -0.05) is 79.7 Å². The lowest BCUT2D eigenvalue weighted by Gasteiger charge is -2.15. The summed E-state index contributed by atoms with van der Waals surface area (Å²) in [6.45, 7) is 1.15. The van der Waals surface area contributed by atoms with Crippen LogP contribution in [0.3, 0.4) is 0 Å². The number of anilines is 1. The van der Waals surface area contributed by atoms with E-state index < -0.39 is 0 Å². The van der Waals surface area contributed by atoms with Crippen LogP contribution in [0.2, 0.25) is 5.02 Å². The molecule has 2 aromatic carbocycles. The molecule has 186 valence electrons. The van der Waals surface area contributed by atoms with E-state index in [1.54, 1.807) is 10.7 Å². The Balaban J connectivity index is 1.30. The molecule has 2 N–H and O–H groups in total. The predicted octanol–water partition coefficient (Wildman–Crippen LogP) is 7.01. The van der Waals surface area contributed by atoms with Crippen molar-refractivity contribution in [2.45, 2.75) is 51.6 Å². The molecule has 0 bridgehead atoms. The van der Waals surface area contributed by atoms with Gasteiger partial charge in [0.1, 0.15) is 5.82 Å². The molecule has 1 aliphatic carbocycles. The normalized spacial score (nSPS) is 14.5. The molecule has 1 fully saturated rings. The number of carbonyl (C=O) groups excluding carboxylic acids is 1. The monoisotopic (exact) mass is 565 g/mol. The third kappa shape index (κ3) is 5.73. The van der Waals surface area contributed by atoms with Crippen LogP contribution in [-0.4, -0.2) is 20.5 Å². The molecule has 1 aliphatic rings. The third-order valence-corrected chi connectivity index (χ3v) is 7.63. The van der Waals surface area contributed by atoms with Gasteiger partial charge in [0.2, 0.25) is 5.91 Å². The summed E-state index contributed by atoms with van der Waals surface area (Å²) in [6.07, 6.45) is 8.57. The molecule has 8 heteroatoms. The minimum atomic E-state index is 0.159. The maximum Gasteiger partial charge on any atom is 0.223 e. The first kappa shape index (κ1) is 24.8. The molecule has 2 aromatic heterocycles. The van der Waals surface area contributed by atoms with Crippen molar-refractivity contribution in [2.24, 2.45) is 5.92 Å². The summed E-state index contributed by atoms with van der Waals surface area (Å²) in [5.74, 6) is 1.16. The maximum absolute atomic E-state index is 12.7. The average Bonchev–Trinajstić information content (AvgIpc) is 3.08. The molecule has 4 aromatic rings. The van der Waals surface area contributed by atoms with Crippen molar-refractivity contribution < 1.29 is 4.79 Å². The number of carbonyl (C=O) groups is 1. The number of nitrogens with zero attached hydrogens (tertiary/aromatic N) is 3. The van der Waals surface area contributed by atoms with Gasteiger partial charge in [0.15, 0.2) is 5.65 Å². The summed E-state index contributed by atoms with van der Waals surface area (Å²) in [4.78, 5) is 17.4. The van der Waals surface area contributed by atoms with Gasteiger partial charge in [0, 0.05) is 35.7 Å². The van der Waals surface area contributed by atoms with Gasteiger partial charge in [-0.15, -0.1) is 0 Å². The Morgan fingerprint density at radius 1 is 1.00 bits per heavy atom. The van der Waals surface area contributed by atoms with Crippen LogP contribution in [0.15, 0.2) is 65.3 Å². The van der Waals surface area contributed by atoms with E-state index in [9.17, 15) is 4.79 Å². The minimum Gasteiger partial charge on any atom is -0.366 e. The Hall–Kier alpha value is -2.90. The fourth-order valence-corrected chi connectivity index (χ4v) is 5.37. The second-order valence-corrected chi connectivity index (χ2v) is 10.6. The molecular formula is C28H29BrClN5O. The summed E-state index contributed by atoms with van der Waals surface area (Å²) in [6, 6.07) is 17.9. The summed E-state index contributed by atoms with van der Waals surface area (Å²) in [7, 11) is 0. The van der Waals surface area contributed by atoms with E-state index in [0.29, 0.717) is 23.8 Å². The van der Waals surface area contributed by atoms with Crippen LogP contribution in [-0.2, 0) is 17.9 Å². The van der Waals surface area contributed by atoms with Crippen molar-refractivity contribution in [3.63, 3.8) is 0 Å². The SMILES string of the molecule is O=C(NCc1cccc(CNc2cc(-c3ccccc3Cl)nc3c(Br)cnn23)c1)C1CCCCCC1. The van der Waals surface area contributed by atoms with Crippen molar-refractivity contribution in [3.05, 3.63) is 81.4 Å². The first-order valence-corrected chi connectivity index (χ1v) is 13.6. The van der Waals surface area contributed by atoms with Crippen molar-refractivity contribution in [2.75, 3.05) is 5.32 Å². The van der Waals surface area contributed by atoms with Crippen molar-refractivity contribution >= 4 is 44.9 Å². The number of benzene rings is 2. The molecule has 6 nitrogen and oxygen atoms in total. The number of halogens is 2. The first-order chi connectivity index (χ1) is 17.6. The van der Waals surface area contributed by atoms with Gasteiger partial charge >= 0.3 is 0 Å². The molecule has 1 amide bonds. The number of amides is 1. The molecule has 0 spiro atoms. The number of fused-ring (bicyclic) bond motifs is 1. The van der Waals surface area contributed by atoms with E-state index in [0.717, 1.165) is 58.4 Å². The number of rotatable bonds is 7. The van der Waals surface area contributed by atoms with Crippen LogP contribution >= 0.6 is 27.5 Å². The fourth-order valence-electron chi connectivity index (χ4n) is 4.79. The van der Waals surface area contributed by atoms with Gasteiger partial charge in [0.05, 0.1) is 16.4 Å². The van der Waals surface area contributed by atoms with Gasteiger partial charge in [0.25, 0.3) is 0 Å². The smallest absolute Gasteiger partial charge is 0.223 e. The second kappa shape index (κ2) is 11.4. The van der Waals surface area contributed by atoms with Gasteiger partial charge < -0.3 is 10.6 Å². The van der Waals surface area contributed by atoms with Crippen LogP contribution in [0.1, 0.15) is 49.7 Å². The van der Waals surface area contributed by atoms with Crippen molar-refractivity contribution in [1.82, 2.24) is 19.9 Å². The molecule has 5 rings (SSSR count). The highest BCUT2D eigenvalue weighted by Crippen LogP contribution is 2.30. The lowest BCUT2D eigenvalue weighted by Crippen LogP contribution is -2.30. The number of aromatic nitrogens is 3.